The van der Waals surface area contributed by atoms with Crippen LogP contribution in [-0.2, 0) is 9.53 Å². The first kappa shape index (κ1) is 11.3. The van der Waals surface area contributed by atoms with Gasteiger partial charge in [-0.15, -0.1) is 0 Å². The largest absolute Gasteiger partial charge is 0.435 e. The number of nitriles is 1. The summed E-state index contributed by atoms with van der Waals surface area (Å²) in [6, 6.07) is 1.69. The van der Waals surface area contributed by atoms with Crippen molar-refractivity contribution < 1.29 is 9.53 Å². The Kier molecular flexibility index (Phi) is 11.7. The van der Waals surface area contributed by atoms with Crippen molar-refractivity contribution in [3.8, 4) is 6.07 Å². The highest BCUT2D eigenvalue weighted by molar-refractivity contribution is 5.66. The second-order valence-electron chi connectivity index (χ2n) is 1.11. The monoisotopic (exact) mass is 139 g/mol. The molecule has 0 amide bonds. The van der Waals surface area contributed by atoms with E-state index >= 15 is 0 Å². The van der Waals surface area contributed by atoms with Gasteiger partial charge >= 0.3 is 5.97 Å². The zero-order valence-corrected chi connectivity index (χ0v) is 5.83. The average molecular weight is 139 g/mol. The molecule has 10 heavy (non-hydrogen) atoms. The SMILES string of the molecule is C=CC#N.C=COC(C)=O. The third-order valence-corrected chi connectivity index (χ3v) is 0.341. The minimum Gasteiger partial charge on any atom is -0.435 e. The zero-order valence-electron chi connectivity index (χ0n) is 5.83. The number of hydrogen-bond donors (Lipinski definition) is 0. The van der Waals surface area contributed by atoms with E-state index in [0.717, 1.165) is 6.26 Å². The molecule has 0 aromatic rings. The van der Waals surface area contributed by atoms with Crippen molar-refractivity contribution in [1.82, 2.24) is 0 Å². The normalized spacial score (nSPS) is 5.60. The van der Waals surface area contributed by atoms with E-state index < -0.39 is 0 Å². The summed E-state index contributed by atoms with van der Waals surface area (Å²) >= 11 is 0. The van der Waals surface area contributed by atoms with Crippen molar-refractivity contribution in [2.45, 2.75) is 6.92 Å². The molecule has 0 spiro atoms. The second kappa shape index (κ2) is 10.4. The molecule has 54 valence electrons. The third-order valence-electron chi connectivity index (χ3n) is 0.341. The summed E-state index contributed by atoms with van der Waals surface area (Å²) in [6.45, 7) is 7.60. The van der Waals surface area contributed by atoms with Gasteiger partial charge in [-0.25, -0.2) is 0 Å². The Balaban J connectivity index is 0. The molecule has 0 atom stereocenters. The van der Waals surface area contributed by atoms with Crippen LogP contribution in [0.25, 0.3) is 0 Å². The van der Waals surface area contributed by atoms with Gasteiger partial charge in [-0.3, -0.25) is 4.79 Å². The molecule has 0 unspecified atom stereocenters. The molecule has 0 fully saturated rings. The molecule has 0 heterocycles. The number of ether oxygens (including phenoxy) is 1. The van der Waals surface area contributed by atoms with Crippen LogP contribution in [-0.4, -0.2) is 5.97 Å². The predicted octanol–water partition coefficient (Wildman–Crippen LogP) is 1.39. The lowest BCUT2D eigenvalue weighted by atomic mass is 10.8. The summed E-state index contributed by atoms with van der Waals surface area (Å²) < 4.78 is 4.17. The Morgan fingerprint density at radius 1 is 1.70 bits per heavy atom. The molecule has 0 saturated heterocycles. The van der Waals surface area contributed by atoms with Crippen molar-refractivity contribution in [3.63, 3.8) is 0 Å². The van der Waals surface area contributed by atoms with Gasteiger partial charge in [0.25, 0.3) is 0 Å². The molecular formula is C7H9NO2. The molecule has 3 nitrogen and oxygen atoms in total. The van der Waals surface area contributed by atoms with Gasteiger partial charge in [0.2, 0.25) is 0 Å². The highest BCUT2D eigenvalue weighted by Crippen LogP contribution is 1.70. The van der Waals surface area contributed by atoms with E-state index in [9.17, 15) is 4.79 Å². The fourth-order valence-corrected chi connectivity index (χ4v) is 0.117. The fraction of sp³-hybridized carbons (Fsp3) is 0.143. The molecule has 0 saturated carbocycles. The van der Waals surface area contributed by atoms with E-state index in [1.165, 1.54) is 13.0 Å². The lowest BCUT2D eigenvalue weighted by Gasteiger charge is -1.83. The molecule has 0 aliphatic heterocycles. The molecule has 0 bridgehead atoms. The van der Waals surface area contributed by atoms with E-state index in [2.05, 4.69) is 17.9 Å². The van der Waals surface area contributed by atoms with Crippen LogP contribution in [0.3, 0.4) is 0 Å². The van der Waals surface area contributed by atoms with Gasteiger partial charge in [0.15, 0.2) is 0 Å². The van der Waals surface area contributed by atoms with Crippen molar-refractivity contribution in [2.75, 3.05) is 0 Å². The van der Waals surface area contributed by atoms with Crippen molar-refractivity contribution >= 4 is 5.97 Å². The number of hydrogen-bond acceptors (Lipinski definition) is 3. The molecule has 0 aromatic heterocycles. The van der Waals surface area contributed by atoms with E-state index in [-0.39, 0.29) is 5.97 Å². The average Bonchev–Trinajstić information content (AvgIpc) is 1.89. The topological polar surface area (TPSA) is 50.1 Å². The minimum absolute atomic E-state index is 0.329. The maximum absolute atomic E-state index is 9.75. The number of allylic oxidation sites excluding steroid dienone is 1. The molecule has 0 rings (SSSR count). The lowest BCUT2D eigenvalue weighted by Crippen LogP contribution is -1.87. The van der Waals surface area contributed by atoms with Gasteiger partial charge in [0.1, 0.15) is 0 Å². The molecule has 0 N–H and O–H groups in total. The van der Waals surface area contributed by atoms with E-state index in [4.69, 9.17) is 5.26 Å². The summed E-state index contributed by atoms with van der Waals surface area (Å²) in [5, 5.41) is 7.51. The third kappa shape index (κ3) is 32.0. The number of nitrogens with zero attached hydrogens (tertiary/aromatic N) is 1. The highest BCUT2D eigenvalue weighted by atomic mass is 16.5. The van der Waals surface area contributed by atoms with Crippen LogP contribution in [0.15, 0.2) is 25.5 Å². The Bertz CT molecular complexity index is 155. The Labute approximate surface area is 60.2 Å². The molecule has 3 heteroatoms. The first-order valence-electron chi connectivity index (χ1n) is 2.47. The van der Waals surface area contributed by atoms with Crippen LogP contribution in [0.4, 0.5) is 0 Å². The van der Waals surface area contributed by atoms with Crippen LogP contribution < -0.4 is 0 Å². The zero-order chi connectivity index (χ0) is 8.41. The second-order valence-corrected chi connectivity index (χ2v) is 1.11. The quantitative estimate of drug-likeness (QED) is 0.313. The van der Waals surface area contributed by atoms with E-state index in [0.29, 0.717) is 0 Å². The summed E-state index contributed by atoms with van der Waals surface area (Å²) in [7, 11) is 0. The first-order chi connectivity index (χ1) is 4.68. The summed E-state index contributed by atoms with van der Waals surface area (Å²) in [6.07, 6.45) is 2.28. The maximum atomic E-state index is 9.75. The van der Waals surface area contributed by atoms with Gasteiger partial charge in [0, 0.05) is 13.0 Å². The van der Waals surface area contributed by atoms with Crippen LogP contribution in [0.2, 0.25) is 0 Å². The molecule has 0 aliphatic rings. The van der Waals surface area contributed by atoms with Crippen LogP contribution in [0, 0.1) is 11.3 Å². The summed E-state index contributed by atoms with van der Waals surface area (Å²) in [4.78, 5) is 9.75. The van der Waals surface area contributed by atoms with Gasteiger partial charge < -0.3 is 4.74 Å². The van der Waals surface area contributed by atoms with Crippen molar-refractivity contribution in [3.05, 3.63) is 25.5 Å². The van der Waals surface area contributed by atoms with Crippen molar-refractivity contribution in [2.24, 2.45) is 0 Å². The van der Waals surface area contributed by atoms with Crippen molar-refractivity contribution in [1.29, 1.82) is 5.26 Å². The standard InChI is InChI=1S/C4H6O2.C3H3N/c1-3-6-4(2)5;1-2-3-4/h3H,1H2,2H3;2H,1H2. The number of rotatable bonds is 1. The molecular weight excluding hydrogens is 130 g/mol. The van der Waals surface area contributed by atoms with Crippen LogP contribution >= 0.6 is 0 Å². The first-order valence-corrected chi connectivity index (χ1v) is 2.47. The van der Waals surface area contributed by atoms with Gasteiger partial charge in [-0.1, -0.05) is 13.2 Å². The number of esters is 1. The molecule has 0 aromatic carbocycles. The van der Waals surface area contributed by atoms with Crippen LogP contribution in [0.5, 0.6) is 0 Å². The number of carbonyl (C=O) groups is 1. The summed E-state index contributed by atoms with van der Waals surface area (Å²) in [5.74, 6) is -0.329. The fourth-order valence-electron chi connectivity index (χ4n) is 0.117. The number of carbonyl (C=O) groups excluding carboxylic acids is 1. The lowest BCUT2D eigenvalue weighted by molar-refractivity contribution is -0.135. The van der Waals surface area contributed by atoms with Crippen LogP contribution in [0.1, 0.15) is 6.92 Å². The Hall–Kier alpha value is -1.56. The molecule has 0 aliphatic carbocycles. The summed E-state index contributed by atoms with van der Waals surface area (Å²) in [5.41, 5.74) is 0. The highest BCUT2D eigenvalue weighted by Gasteiger charge is 1.79. The molecule has 0 radical (unpaired) electrons. The van der Waals surface area contributed by atoms with E-state index in [1.54, 1.807) is 6.07 Å². The van der Waals surface area contributed by atoms with E-state index in [1.807, 2.05) is 0 Å². The Morgan fingerprint density at radius 3 is 2.10 bits per heavy atom. The smallest absolute Gasteiger partial charge is 0.307 e. The predicted molar refractivity (Wildman–Crippen MR) is 37.8 cm³/mol. The maximum Gasteiger partial charge on any atom is 0.307 e. The Morgan fingerprint density at radius 2 is 2.10 bits per heavy atom. The van der Waals surface area contributed by atoms with Gasteiger partial charge in [-0.05, 0) is 0 Å². The minimum atomic E-state index is -0.329. The van der Waals surface area contributed by atoms with Gasteiger partial charge in [-0.2, -0.15) is 5.26 Å². The van der Waals surface area contributed by atoms with Gasteiger partial charge in [0.05, 0.1) is 12.3 Å².